The number of benzene rings is 1. The minimum absolute atomic E-state index is 0.515. The van der Waals surface area contributed by atoms with Gasteiger partial charge in [-0.2, -0.15) is 4.31 Å². The van der Waals surface area contributed by atoms with Gasteiger partial charge < -0.3 is 0 Å². The topological polar surface area (TPSA) is 37.4 Å². The Hall–Kier alpha value is -0.870. The lowest BCUT2D eigenvalue weighted by Gasteiger charge is -2.19. The average Bonchev–Trinajstić information content (AvgIpc) is 2.81. The van der Waals surface area contributed by atoms with Crippen LogP contribution in [-0.2, 0) is 16.4 Å². The zero-order chi connectivity index (χ0) is 13.3. The molecule has 0 aromatic heterocycles. The molecule has 0 radical (unpaired) electrons. The Kier molecular flexibility index (Phi) is 3.78. The van der Waals surface area contributed by atoms with Crippen molar-refractivity contribution in [3.05, 3.63) is 28.8 Å². The van der Waals surface area contributed by atoms with Crippen LogP contribution in [0.4, 0.5) is 0 Å². The van der Waals surface area contributed by atoms with E-state index in [0.717, 1.165) is 30.4 Å². The molecule has 18 heavy (non-hydrogen) atoms. The summed E-state index contributed by atoms with van der Waals surface area (Å²) >= 11 is 0. The number of hydrogen-bond donors (Lipinski definition) is 0. The van der Waals surface area contributed by atoms with Gasteiger partial charge in [0, 0.05) is 13.1 Å². The molecule has 0 spiro atoms. The van der Waals surface area contributed by atoms with E-state index in [9.17, 15) is 8.42 Å². The second-order valence-corrected chi connectivity index (χ2v) is 6.90. The smallest absolute Gasteiger partial charge is 0.207 e. The zero-order valence-corrected chi connectivity index (χ0v) is 12.2. The summed E-state index contributed by atoms with van der Waals surface area (Å²) in [7, 11) is -3.29. The van der Waals surface area contributed by atoms with Crippen LogP contribution in [-0.4, -0.2) is 25.8 Å². The maximum absolute atomic E-state index is 12.6. The first-order valence-corrected chi connectivity index (χ1v) is 8.01. The highest BCUT2D eigenvalue weighted by atomic mass is 32.2. The lowest BCUT2D eigenvalue weighted by Crippen LogP contribution is -2.29. The largest absolute Gasteiger partial charge is 0.243 e. The van der Waals surface area contributed by atoms with E-state index >= 15 is 0 Å². The molecule has 1 saturated heterocycles. The zero-order valence-electron chi connectivity index (χ0n) is 11.4. The van der Waals surface area contributed by atoms with Crippen molar-refractivity contribution in [1.29, 1.82) is 0 Å². The Morgan fingerprint density at radius 2 is 1.61 bits per heavy atom. The fraction of sp³-hybridized carbons (Fsp3) is 0.571. The van der Waals surface area contributed by atoms with Crippen LogP contribution < -0.4 is 0 Å². The van der Waals surface area contributed by atoms with Crippen molar-refractivity contribution < 1.29 is 8.42 Å². The van der Waals surface area contributed by atoms with Crippen molar-refractivity contribution in [2.45, 2.75) is 44.9 Å². The molecule has 2 rings (SSSR count). The van der Waals surface area contributed by atoms with Crippen LogP contribution in [0, 0.1) is 13.8 Å². The lowest BCUT2D eigenvalue weighted by molar-refractivity contribution is 0.476. The van der Waals surface area contributed by atoms with Gasteiger partial charge in [-0.15, -0.1) is 0 Å². The molecule has 0 amide bonds. The minimum atomic E-state index is -3.29. The summed E-state index contributed by atoms with van der Waals surface area (Å²) in [5.74, 6) is 0. The molecule has 4 heteroatoms. The molecule has 1 aromatic rings. The Bertz CT molecular complexity index is 520. The fourth-order valence-electron chi connectivity index (χ4n) is 2.71. The van der Waals surface area contributed by atoms with Gasteiger partial charge in [0.1, 0.15) is 0 Å². The van der Waals surface area contributed by atoms with E-state index in [2.05, 4.69) is 6.92 Å². The maximum atomic E-state index is 12.6. The number of rotatable bonds is 3. The van der Waals surface area contributed by atoms with Gasteiger partial charge in [0.15, 0.2) is 0 Å². The molecule has 0 N–H and O–H groups in total. The molecule has 0 atom stereocenters. The van der Waals surface area contributed by atoms with Crippen molar-refractivity contribution in [2.24, 2.45) is 0 Å². The van der Waals surface area contributed by atoms with Crippen LogP contribution in [0.2, 0.25) is 0 Å². The third-order valence-electron chi connectivity index (χ3n) is 3.59. The van der Waals surface area contributed by atoms with Gasteiger partial charge in [-0.05, 0) is 49.8 Å². The Morgan fingerprint density at radius 1 is 1.11 bits per heavy atom. The van der Waals surface area contributed by atoms with Crippen molar-refractivity contribution in [1.82, 2.24) is 4.31 Å². The molecule has 100 valence electrons. The van der Waals surface area contributed by atoms with E-state index in [0.29, 0.717) is 18.0 Å². The molecule has 1 heterocycles. The van der Waals surface area contributed by atoms with Crippen LogP contribution in [0.25, 0.3) is 0 Å². The molecular weight excluding hydrogens is 246 g/mol. The van der Waals surface area contributed by atoms with Crippen LogP contribution in [0.15, 0.2) is 17.0 Å². The summed E-state index contributed by atoms with van der Waals surface area (Å²) in [5, 5.41) is 0. The summed E-state index contributed by atoms with van der Waals surface area (Å²) in [6.07, 6.45) is 2.89. The van der Waals surface area contributed by atoms with Gasteiger partial charge in [0.25, 0.3) is 0 Å². The molecule has 0 saturated carbocycles. The SMILES string of the molecule is CCc1cc(C)c(S(=O)(=O)N2CCCC2)c(C)c1. The highest BCUT2D eigenvalue weighted by Gasteiger charge is 2.29. The predicted molar refractivity (Wildman–Crippen MR) is 73.3 cm³/mol. The molecule has 0 aliphatic carbocycles. The summed E-state index contributed by atoms with van der Waals surface area (Å²) in [4.78, 5) is 0.515. The average molecular weight is 267 g/mol. The van der Waals surface area contributed by atoms with E-state index in [-0.39, 0.29) is 0 Å². The Morgan fingerprint density at radius 3 is 2.06 bits per heavy atom. The first kappa shape index (κ1) is 13.6. The standard InChI is InChI=1S/C14H21NO2S/c1-4-13-9-11(2)14(12(3)10-13)18(16,17)15-7-5-6-8-15/h9-10H,4-8H2,1-3H3. The third kappa shape index (κ3) is 2.31. The molecule has 3 nitrogen and oxygen atoms in total. The lowest BCUT2D eigenvalue weighted by atomic mass is 10.1. The third-order valence-corrected chi connectivity index (χ3v) is 5.80. The second-order valence-electron chi connectivity index (χ2n) is 5.02. The number of sulfonamides is 1. The summed E-state index contributed by atoms with van der Waals surface area (Å²) < 4.78 is 26.8. The van der Waals surface area contributed by atoms with E-state index < -0.39 is 10.0 Å². The second kappa shape index (κ2) is 5.02. The Labute approximate surface area is 110 Å². The maximum Gasteiger partial charge on any atom is 0.243 e. The molecule has 0 bridgehead atoms. The van der Waals surface area contributed by atoms with Gasteiger partial charge >= 0.3 is 0 Å². The van der Waals surface area contributed by atoms with Crippen molar-refractivity contribution in [2.75, 3.05) is 13.1 Å². The normalized spacial score (nSPS) is 17.3. The monoisotopic (exact) mass is 267 g/mol. The molecule has 1 aromatic carbocycles. The molecule has 1 fully saturated rings. The van der Waals surface area contributed by atoms with Crippen LogP contribution >= 0.6 is 0 Å². The highest BCUT2D eigenvalue weighted by Crippen LogP contribution is 2.27. The highest BCUT2D eigenvalue weighted by molar-refractivity contribution is 7.89. The first-order chi connectivity index (χ1) is 8.46. The van der Waals surface area contributed by atoms with Crippen molar-refractivity contribution >= 4 is 10.0 Å². The first-order valence-electron chi connectivity index (χ1n) is 6.57. The number of aryl methyl sites for hydroxylation is 3. The van der Waals surface area contributed by atoms with Gasteiger partial charge in [0.2, 0.25) is 10.0 Å². The molecule has 0 unspecified atom stereocenters. The van der Waals surface area contributed by atoms with Crippen LogP contribution in [0.5, 0.6) is 0 Å². The number of hydrogen-bond acceptors (Lipinski definition) is 2. The molecular formula is C14H21NO2S. The summed E-state index contributed by atoms with van der Waals surface area (Å²) in [6, 6.07) is 3.99. The Balaban J connectivity index is 2.50. The van der Waals surface area contributed by atoms with Crippen LogP contribution in [0.3, 0.4) is 0 Å². The van der Waals surface area contributed by atoms with Crippen LogP contribution in [0.1, 0.15) is 36.5 Å². The minimum Gasteiger partial charge on any atom is -0.207 e. The van der Waals surface area contributed by atoms with Gasteiger partial charge in [-0.1, -0.05) is 19.1 Å². The molecule has 1 aliphatic heterocycles. The van der Waals surface area contributed by atoms with Gasteiger partial charge in [0.05, 0.1) is 4.90 Å². The van der Waals surface area contributed by atoms with Crippen molar-refractivity contribution in [3.8, 4) is 0 Å². The van der Waals surface area contributed by atoms with E-state index in [1.807, 2.05) is 26.0 Å². The van der Waals surface area contributed by atoms with Crippen molar-refractivity contribution in [3.63, 3.8) is 0 Å². The molecule has 1 aliphatic rings. The predicted octanol–water partition coefficient (Wildman–Crippen LogP) is 2.65. The fourth-order valence-corrected chi connectivity index (χ4v) is 4.64. The summed E-state index contributed by atoms with van der Waals surface area (Å²) in [6.45, 7) is 7.21. The van der Waals surface area contributed by atoms with Gasteiger partial charge in [-0.25, -0.2) is 8.42 Å². The van der Waals surface area contributed by atoms with Gasteiger partial charge in [-0.3, -0.25) is 0 Å². The summed E-state index contributed by atoms with van der Waals surface area (Å²) in [5.41, 5.74) is 2.95. The van der Waals surface area contributed by atoms with E-state index in [1.165, 1.54) is 5.56 Å². The number of nitrogens with zero attached hydrogens (tertiary/aromatic N) is 1. The van der Waals surface area contributed by atoms with E-state index in [1.54, 1.807) is 4.31 Å². The quantitative estimate of drug-likeness (QED) is 0.844. The van der Waals surface area contributed by atoms with E-state index in [4.69, 9.17) is 0 Å².